The van der Waals surface area contributed by atoms with Crippen molar-refractivity contribution in [1.29, 1.82) is 0 Å². The summed E-state index contributed by atoms with van der Waals surface area (Å²) in [6, 6.07) is 6.76. The molecule has 0 bridgehead atoms. The van der Waals surface area contributed by atoms with Crippen molar-refractivity contribution in [3.63, 3.8) is 0 Å². The Hall–Kier alpha value is -2.00. The molecule has 9 heteroatoms. The number of morpholine rings is 1. The highest BCUT2D eigenvalue weighted by Crippen LogP contribution is 2.32. The van der Waals surface area contributed by atoms with Crippen LogP contribution in [0.5, 0.6) is 5.75 Å². The monoisotopic (exact) mass is 395 g/mol. The van der Waals surface area contributed by atoms with Crippen LogP contribution in [-0.4, -0.2) is 54.0 Å². The van der Waals surface area contributed by atoms with E-state index >= 15 is 0 Å². The molecule has 1 aliphatic rings. The number of nitro groups is 1. The molecule has 0 unspecified atom stereocenters. The smallest absolute Gasteiger partial charge is 0.312 e. The topological polar surface area (TPSA) is 88.2 Å². The molecule has 0 spiro atoms. The van der Waals surface area contributed by atoms with Crippen molar-refractivity contribution in [2.24, 2.45) is 4.99 Å². The first kappa shape index (κ1) is 18.8. The first-order valence-corrected chi connectivity index (χ1v) is 9.34. The average Bonchev–Trinajstić information content (AvgIpc) is 3.16. The Kier molecular flexibility index (Phi) is 6.20. The fourth-order valence-corrected chi connectivity index (χ4v) is 3.92. The van der Waals surface area contributed by atoms with Gasteiger partial charge in [-0.05, 0) is 17.5 Å². The Morgan fingerprint density at radius 1 is 1.46 bits per heavy atom. The molecule has 7 nitrogen and oxygen atoms in total. The predicted molar refractivity (Wildman–Crippen MR) is 102 cm³/mol. The van der Waals surface area contributed by atoms with E-state index in [9.17, 15) is 15.2 Å². The van der Waals surface area contributed by atoms with E-state index in [1.54, 1.807) is 11.3 Å². The van der Waals surface area contributed by atoms with Crippen molar-refractivity contribution >= 4 is 34.8 Å². The van der Waals surface area contributed by atoms with Gasteiger partial charge in [-0.1, -0.05) is 17.7 Å². The Balaban J connectivity index is 1.80. The molecular formula is C17H18ClN3O4S. The maximum Gasteiger partial charge on any atom is 0.312 e. The van der Waals surface area contributed by atoms with E-state index < -0.39 is 16.4 Å². The van der Waals surface area contributed by atoms with Gasteiger partial charge in [0.25, 0.3) is 0 Å². The standard InChI is InChI=1S/C17H18ClN3O4S/c18-13-8-12(17(22)14(9-13)21(23)24)10-19-11-15(16-2-1-7-26-16)20-3-5-25-6-4-20/h1-2,7-10,15,22H,3-6,11H2/t15-/m1/s1. The Labute approximate surface area is 159 Å². The number of nitrogens with zero attached hydrogens (tertiary/aromatic N) is 3. The number of rotatable bonds is 6. The summed E-state index contributed by atoms with van der Waals surface area (Å²) in [5.74, 6) is -0.429. The second-order valence-corrected chi connectivity index (χ2v) is 7.21. The summed E-state index contributed by atoms with van der Waals surface area (Å²) in [6.45, 7) is 3.50. The van der Waals surface area contributed by atoms with Gasteiger partial charge in [-0.15, -0.1) is 11.3 Å². The van der Waals surface area contributed by atoms with E-state index in [0.29, 0.717) is 19.8 Å². The number of nitro benzene ring substituents is 1. The lowest BCUT2D eigenvalue weighted by Gasteiger charge is -2.33. The molecule has 26 heavy (non-hydrogen) atoms. The number of halogens is 1. The van der Waals surface area contributed by atoms with Crippen LogP contribution in [0.3, 0.4) is 0 Å². The van der Waals surface area contributed by atoms with Gasteiger partial charge in [0, 0.05) is 40.8 Å². The van der Waals surface area contributed by atoms with E-state index in [1.807, 2.05) is 11.4 Å². The van der Waals surface area contributed by atoms with Gasteiger partial charge in [-0.3, -0.25) is 20.0 Å². The van der Waals surface area contributed by atoms with Crippen LogP contribution in [0.1, 0.15) is 16.5 Å². The van der Waals surface area contributed by atoms with Crippen LogP contribution in [-0.2, 0) is 4.74 Å². The van der Waals surface area contributed by atoms with Gasteiger partial charge in [0.2, 0.25) is 5.75 Å². The number of aliphatic imine (C=N–C) groups is 1. The second-order valence-electron chi connectivity index (χ2n) is 5.79. The number of aromatic hydroxyl groups is 1. The number of hydrogen-bond donors (Lipinski definition) is 1. The molecule has 1 N–H and O–H groups in total. The number of benzene rings is 1. The van der Waals surface area contributed by atoms with E-state index in [0.717, 1.165) is 19.2 Å². The van der Waals surface area contributed by atoms with Crippen LogP contribution in [0.25, 0.3) is 0 Å². The van der Waals surface area contributed by atoms with Gasteiger partial charge in [0.15, 0.2) is 0 Å². The zero-order valence-corrected chi connectivity index (χ0v) is 15.4. The minimum atomic E-state index is -0.666. The first-order chi connectivity index (χ1) is 12.6. The summed E-state index contributed by atoms with van der Waals surface area (Å²) in [4.78, 5) is 18.3. The molecule has 2 aromatic rings. The zero-order chi connectivity index (χ0) is 18.5. The molecule has 1 aromatic heterocycles. The third-order valence-corrected chi connectivity index (χ3v) is 5.34. The van der Waals surface area contributed by atoms with E-state index in [1.165, 1.54) is 17.2 Å². The minimum absolute atomic E-state index is 0.103. The van der Waals surface area contributed by atoms with Crippen molar-refractivity contribution < 1.29 is 14.8 Å². The third-order valence-electron chi connectivity index (χ3n) is 4.15. The quantitative estimate of drug-likeness (QED) is 0.459. The largest absolute Gasteiger partial charge is 0.502 e. The molecular weight excluding hydrogens is 378 g/mol. The van der Waals surface area contributed by atoms with E-state index in [-0.39, 0.29) is 16.6 Å². The van der Waals surface area contributed by atoms with Crippen LogP contribution >= 0.6 is 22.9 Å². The molecule has 0 aliphatic carbocycles. The van der Waals surface area contributed by atoms with Crippen LogP contribution < -0.4 is 0 Å². The summed E-state index contributed by atoms with van der Waals surface area (Å²) >= 11 is 7.58. The van der Waals surface area contributed by atoms with Gasteiger partial charge >= 0.3 is 5.69 Å². The maximum absolute atomic E-state index is 11.0. The van der Waals surface area contributed by atoms with Gasteiger partial charge in [-0.2, -0.15) is 0 Å². The van der Waals surface area contributed by atoms with Gasteiger partial charge < -0.3 is 9.84 Å². The summed E-state index contributed by atoms with van der Waals surface area (Å²) < 4.78 is 5.42. The molecule has 1 saturated heterocycles. The molecule has 138 valence electrons. The molecule has 1 aromatic carbocycles. The SMILES string of the molecule is O=[N+]([O-])c1cc(Cl)cc(C=NC[C@H](c2cccs2)N2CCOCC2)c1O. The van der Waals surface area contributed by atoms with Gasteiger partial charge in [0.05, 0.1) is 30.7 Å². The summed E-state index contributed by atoms with van der Waals surface area (Å²) in [7, 11) is 0. The number of hydrogen-bond acceptors (Lipinski definition) is 7. The van der Waals surface area contributed by atoms with Gasteiger partial charge in [0.1, 0.15) is 0 Å². The number of phenols is 1. The average molecular weight is 396 g/mol. The van der Waals surface area contributed by atoms with Crippen molar-refractivity contribution in [2.75, 3.05) is 32.8 Å². The van der Waals surface area contributed by atoms with Crippen molar-refractivity contribution in [3.8, 4) is 5.75 Å². The van der Waals surface area contributed by atoms with Crippen LogP contribution in [0.2, 0.25) is 5.02 Å². The van der Waals surface area contributed by atoms with E-state index in [2.05, 4.69) is 16.0 Å². The Morgan fingerprint density at radius 3 is 2.88 bits per heavy atom. The normalized spacial score (nSPS) is 16.8. The lowest BCUT2D eigenvalue weighted by atomic mass is 10.1. The van der Waals surface area contributed by atoms with Gasteiger partial charge in [-0.25, -0.2) is 0 Å². The molecule has 0 radical (unpaired) electrons. The Morgan fingerprint density at radius 2 is 2.23 bits per heavy atom. The predicted octanol–water partition coefficient (Wildman–Crippen LogP) is 3.51. The molecule has 2 heterocycles. The van der Waals surface area contributed by atoms with Crippen LogP contribution in [0.4, 0.5) is 5.69 Å². The third kappa shape index (κ3) is 4.39. The number of phenolic OH excluding ortho intramolecular Hbond substituents is 1. The molecule has 1 atom stereocenters. The lowest BCUT2D eigenvalue weighted by Crippen LogP contribution is -2.39. The highest BCUT2D eigenvalue weighted by atomic mass is 35.5. The summed E-state index contributed by atoms with van der Waals surface area (Å²) in [5, 5.41) is 23.3. The highest BCUT2D eigenvalue weighted by Gasteiger charge is 2.23. The number of ether oxygens (including phenoxy) is 1. The minimum Gasteiger partial charge on any atom is -0.502 e. The molecule has 1 aliphatic heterocycles. The fraction of sp³-hybridized carbons (Fsp3) is 0.353. The first-order valence-electron chi connectivity index (χ1n) is 8.08. The highest BCUT2D eigenvalue weighted by molar-refractivity contribution is 7.10. The van der Waals surface area contributed by atoms with Crippen LogP contribution in [0, 0.1) is 10.1 Å². The van der Waals surface area contributed by atoms with Crippen molar-refractivity contribution in [2.45, 2.75) is 6.04 Å². The van der Waals surface area contributed by atoms with Crippen LogP contribution in [0.15, 0.2) is 34.6 Å². The van der Waals surface area contributed by atoms with Crippen molar-refractivity contribution in [3.05, 3.63) is 55.2 Å². The van der Waals surface area contributed by atoms with E-state index in [4.69, 9.17) is 16.3 Å². The maximum atomic E-state index is 11.0. The molecule has 3 rings (SSSR count). The number of thiophene rings is 1. The molecule has 1 fully saturated rings. The Bertz CT molecular complexity index is 792. The summed E-state index contributed by atoms with van der Waals surface area (Å²) in [6.07, 6.45) is 1.44. The molecule has 0 amide bonds. The second kappa shape index (κ2) is 8.59. The van der Waals surface area contributed by atoms with Crippen molar-refractivity contribution in [1.82, 2.24) is 4.90 Å². The lowest BCUT2D eigenvalue weighted by molar-refractivity contribution is -0.385. The zero-order valence-electron chi connectivity index (χ0n) is 13.9. The summed E-state index contributed by atoms with van der Waals surface area (Å²) in [5.41, 5.74) is -0.196. The fourth-order valence-electron chi connectivity index (χ4n) is 2.85. The molecule has 0 saturated carbocycles.